The van der Waals surface area contributed by atoms with E-state index in [4.69, 9.17) is 11.6 Å². The molecule has 2 aliphatic heterocycles. The van der Waals surface area contributed by atoms with Crippen LogP contribution in [-0.2, 0) is 14.4 Å². The molecule has 0 aromatic rings. The zero-order valence-corrected chi connectivity index (χ0v) is 11.9. The molecule has 0 N–H and O–H groups in total. The van der Waals surface area contributed by atoms with Crippen LogP contribution >= 0.6 is 11.6 Å². The average Bonchev–Trinajstić information content (AvgIpc) is 3.03. The van der Waals surface area contributed by atoms with Crippen LogP contribution in [0.1, 0.15) is 25.7 Å². The molecule has 20 heavy (non-hydrogen) atoms. The van der Waals surface area contributed by atoms with Gasteiger partial charge < -0.3 is 4.90 Å². The first kappa shape index (κ1) is 13.6. The minimum Gasteiger partial charge on any atom is -0.341 e. The van der Waals surface area contributed by atoms with Crippen molar-refractivity contribution in [2.45, 2.75) is 25.7 Å². The molecule has 3 rings (SSSR count). The van der Waals surface area contributed by atoms with Crippen LogP contribution in [0.25, 0.3) is 0 Å². The van der Waals surface area contributed by atoms with Crippen molar-refractivity contribution >= 4 is 29.3 Å². The number of fused-ring (bicyclic) bond motifs is 1. The molecule has 2 saturated heterocycles. The molecular formula is C14H17ClN2O3. The van der Waals surface area contributed by atoms with Crippen LogP contribution < -0.4 is 0 Å². The number of halogens is 1. The van der Waals surface area contributed by atoms with Crippen LogP contribution in [-0.4, -0.2) is 47.2 Å². The Kier molecular flexibility index (Phi) is 3.54. The third-order valence-corrected chi connectivity index (χ3v) is 4.72. The first-order valence-electron chi connectivity index (χ1n) is 7.05. The van der Waals surface area contributed by atoms with Gasteiger partial charge in [-0.05, 0) is 25.7 Å². The molecule has 5 nitrogen and oxygen atoms in total. The molecule has 0 saturated carbocycles. The van der Waals surface area contributed by atoms with Crippen LogP contribution in [0.4, 0.5) is 0 Å². The fraction of sp³-hybridized carbons (Fsp3) is 0.643. The summed E-state index contributed by atoms with van der Waals surface area (Å²) < 4.78 is 0. The van der Waals surface area contributed by atoms with E-state index >= 15 is 0 Å². The molecule has 0 spiro atoms. The van der Waals surface area contributed by atoms with Crippen molar-refractivity contribution < 1.29 is 14.4 Å². The van der Waals surface area contributed by atoms with Gasteiger partial charge in [-0.2, -0.15) is 0 Å². The van der Waals surface area contributed by atoms with Gasteiger partial charge in [-0.1, -0.05) is 17.7 Å². The summed E-state index contributed by atoms with van der Waals surface area (Å²) in [4.78, 5) is 39.5. The first-order valence-corrected chi connectivity index (χ1v) is 7.43. The predicted molar refractivity (Wildman–Crippen MR) is 72.7 cm³/mol. The van der Waals surface area contributed by atoms with Gasteiger partial charge in [-0.3, -0.25) is 19.3 Å². The number of hydrogen-bond donors (Lipinski definition) is 0. The number of carbonyl (C=O) groups is 3. The second-order valence-electron chi connectivity index (χ2n) is 5.65. The number of amides is 3. The predicted octanol–water partition coefficient (Wildman–Crippen LogP) is 1.13. The summed E-state index contributed by atoms with van der Waals surface area (Å²) in [5.74, 6) is -1.27. The van der Waals surface area contributed by atoms with Crippen molar-refractivity contribution in [1.29, 1.82) is 0 Å². The lowest BCUT2D eigenvalue weighted by Crippen LogP contribution is -2.42. The van der Waals surface area contributed by atoms with Crippen LogP contribution in [0.2, 0.25) is 0 Å². The zero-order valence-electron chi connectivity index (χ0n) is 11.2. The van der Waals surface area contributed by atoms with E-state index in [2.05, 4.69) is 0 Å². The molecule has 3 aliphatic rings. The van der Waals surface area contributed by atoms with Gasteiger partial charge in [0.25, 0.3) is 0 Å². The maximum Gasteiger partial charge on any atom is 0.242 e. The van der Waals surface area contributed by atoms with Crippen LogP contribution in [0.3, 0.4) is 0 Å². The summed E-state index contributed by atoms with van der Waals surface area (Å²) in [5.41, 5.74) is 0. The number of allylic oxidation sites excluding steroid dienone is 2. The van der Waals surface area contributed by atoms with E-state index in [1.165, 1.54) is 0 Å². The number of rotatable bonds is 2. The topological polar surface area (TPSA) is 57.7 Å². The third kappa shape index (κ3) is 2.24. The van der Waals surface area contributed by atoms with Crippen LogP contribution in [0, 0.1) is 11.8 Å². The Morgan fingerprint density at radius 2 is 1.85 bits per heavy atom. The van der Waals surface area contributed by atoms with Crippen molar-refractivity contribution in [3.63, 3.8) is 0 Å². The SMILES string of the molecule is O=C(CN1C(=O)C2CC=C(Cl)CC2C1=O)N1CCCC1. The number of nitrogens with zero attached hydrogens (tertiary/aromatic N) is 2. The van der Waals surface area contributed by atoms with Crippen molar-refractivity contribution in [1.82, 2.24) is 9.80 Å². The van der Waals surface area contributed by atoms with E-state index < -0.39 is 0 Å². The van der Waals surface area contributed by atoms with Gasteiger partial charge in [-0.25, -0.2) is 0 Å². The normalized spacial score (nSPS) is 29.8. The number of likely N-dealkylation sites (tertiary alicyclic amines) is 2. The average molecular weight is 297 g/mol. The van der Waals surface area contributed by atoms with Crippen molar-refractivity contribution in [3.05, 3.63) is 11.1 Å². The van der Waals surface area contributed by atoms with Gasteiger partial charge in [0.2, 0.25) is 17.7 Å². The summed E-state index contributed by atoms with van der Waals surface area (Å²) in [6.07, 6.45) is 4.73. The molecule has 0 aromatic heterocycles. The molecular weight excluding hydrogens is 280 g/mol. The lowest BCUT2D eigenvalue weighted by atomic mass is 9.85. The van der Waals surface area contributed by atoms with E-state index in [0.717, 1.165) is 30.8 Å². The summed E-state index contributed by atoms with van der Waals surface area (Å²) in [5, 5.41) is 0.639. The highest BCUT2D eigenvalue weighted by Gasteiger charge is 2.49. The van der Waals surface area contributed by atoms with E-state index in [1.54, 1.807) is 11.0 Å². The second-order valence-corrected chi connectivity index (χ2v) is 6.14. The van der Waals surface area contributed by atoms with E-state index in [0.29, 0.717) is 17.9 Å². The smallest absolute Gasteiger partial charge is 0.242 e. The quantitative estimate of drug-likeness (QED) is 0.718. The molecule has 6 heteroatoms. The van der Waals surface area contributed by atoms with E-state index in [1.807, 2.05) is 0 Å². The number of hydrogen-bond acceptors (Lipinski definition) is 3. The largest absolute Gasteiger partial charge is 0.341 e. The molecule has 0 bridgehead atoms. The number of carbonyl (C=O) groups excluding carboxylic acids is 3. The standard InChI is InChI=1S/C14H17ClN2O3/c15-9-3-4-10-11(7-9)14(20)17(13(10)19)8-12(18)16-5-1-2-6-16/h3,10-11H,1-2,4-8H2. The van der Waals surface area contributed by atoms with Gasteiger partial charge in [-0.15, -0.1) is 0 Å². The monoisotopic (exact) mass is 296 g/mol. The Hall–Kier alpha value is -1.36. The highest BCUT2D eigenvalue weighted by Crippen LogP contribution is 2.38. The first-order chi connectivity index (χ1) is 9.58. The maximum absolute atomic E-state index is 12.3. The molecule has 0 radical (unpaired) electrons. The van der Waals surface area contributed by atoms with Crippen LogP contribution in [0.15, 0.2) is 11.1 Å². The number of imide groups is 1. The highest BCUT2D eigenvalue weighted by atomic mass is 35.5. The molecule has 0 aromatic carbocycles. The second kappa shape index (κ2) is 5.20. The van der Waals surface area contributed by atoms with Crippen molar-refractivity contribution in [2.75, 3.05) is 19.6 Å². The molecule has 108 valence electrons. The molecule has 2 unspecified atom stereocenters. The van der Waals surface area contributed by atoms with Gasteiger partial charge in [0.05, 0.1) is 11.8 Å². The molecule has 2 heterocycles. The van der Waals surface area contributed by atoms with Gasteiger partial charge in [0.15, 0.2) is 0 Å². The lowest BCUT2D eigenvalue weighted by Gasteiger charge is -2.20. The third-order valence-electron chi connectivity index (χ3n) is 4.41. The van der Waals surface area contributed by atoms with E-state index in [9.17, 15) is 14.4 Å². The highest BCUT2D eigenvalue weighted by molar-refractivity contribution is 6.30. The molecule has 2 fully saturated rings. The zero-order chi connectivity index (χ0) is 14.3. The molecule has 3 amide bonds. The summed E-state index contributed by atoms with van der Waals surface area (Å²) in [6, 6.07) is 0. The summed E-state index contributed by atoms with van der Waals surface area (Å²) in [6.45, 7) is 1.35. The Morgan fingerprint density at radius 3 is 2.55 bits per heavy atom. The Balaban J connectivity index is 1.70. The Morgan fingerprint density at radius 1 is 1.20 bits per heavy atom. The maximum atomic E-state index is 12.3. The van der Waals surface area contributed by atoms with Crippen molar-refractivity contribution in [3.8, 4) is 0 Å². The van der Waals surface area contributed by atoms with Crippen LogP contribution in [0.5, 0.6) is 0 Å². The van der Waals surface area contributed by atoms with Gasteiger partial charge in [0, 0.05) is 18.1 Å². The fourth-order valence-electron chi connectivity index (χ4n) is 3.25. The minimum absolute atomic E-state index is 0.109. The Bertz CT molecular complexity index is 497. The van der Waals surface area contributed by atoms with Gasteiger partial charge in [0.1, 0.15) is 6.54 Å². The van der Waals surface area contributed by atoms with E-state index in [-0.39, 0.29) is 36.1 Å². The summed E-state index contributed by atoms with van der Waals surface area (Å²) in [7, 11) is 0. The lowest BCUT2D eigenvalue weighted by molar-refractivity contribution is -0.146. The fourth-order valence-corrected chi connectivity index (χ4v) is 3.51. The summed E-state index contributed by atoms with van der Waals surface area (Å²) >= 11 is 5.96. The minimum atomic E-state index is -0.369. The molecule has 2 atom stereocenters. The molecule has 1 aliphatic carbocycles. The van der Waals surface area contributed by atoms with Crippen molar-refractivity contribution in [2.24, 2.45) is 11.8 Å². The van der Waals surface area contributed by atoms with Gasteiger partial charge >= 0.3 is 0 Å². The Labute approximate surface area is 122 Å².